The first kappa shape index (κ1) is 11.9. The summed E-state index contributed by atoms with van der Waals surface area (Å²) in [5, 5.41) is 4.29. The van der Waals surface area contributed by atoms with Crippen LogP contribution in [0.3, 0.4) is 0 Å². The lowest BCUT2D eigenvalue weighted by Gasteiger charge is -2.21. The van der Waals surface area contributed by atoms with Crippen molar-refractivity contribution in [2.75, 3.05) is 7.05 Å². The first-order chi connectivity index (χ1) is 7.81. The average Bonchev–Trinajstić information content (AvgIpc) is 2.80. The number of benzene rings is 1. The highest BCUT2D eigenvalue weighted by Crippen LogP contribution is 2.34. The largest absolute Gasteiger partial charge is 0.313 e. The number of halogens is 1. The summed E-state index contributed by atoms with van der Waals surface area (Å²) in [6.45, 7) is 0. The Morgan fingerprint density at radius 1 is 1.31 bits per heavy atom. The van der Waals surface area contributed by atoms with Crippen LogP contribution in [0.1, 0.15) is 43.7 Å². The fourth-order valence-corrected chi connectivity index (χ4v) is 3.00. The minimum absolute atomic E-state index is 0.414. The maximum atomic E-state index is 6.24. The van der Waals surface area contributed by atoms with Crippen molar-refractivity contribution in [2.45, 2.75) is 38.1 Å². The summed E-state index contributed by atoms with van der Waals surface area (Å²) in [7, 11) is 2.03. The molecule has 1 aromatic carbocycles. The molecule has 88 valence electrons. The maximum Gasteiger partial charge on any atom is 0.0453 e. The average molecular weight is 238 g/mol. The van der Waals surface area contributed by atoms with Crippen LogP contribution in [0.5, 0.6) is 0 Å². The van der Waals surface area contributed by atoms with Crippen molar-refractivity contribution in [2.24, 2.45) is 5.92 Å². The summed E-state index contributed by atoms with van der Waals surface area (Å²) in [6, 6.07) is 8.60. The molecule has 1 N–H and O–H groups in total. The van der Waals surface area contributed by atoms with Crippen LogP contribution in [-0.2, 0) is 0 Å². The maximum absolute atomic E-state index is 6.24. The van der Waals surface area contributed by atoms with E-state index in [4.69, 9.17) is 11.6 Å². The van der Waals surface area contributed by atoms with Gasteiger partial charge in [-0.2, -0.15) is 0 Å². The van der Waals surface area contributed by atoms with Gasteiger partial charge in [-0.1, -0.05) is 55.5 Å². The van der Waals surface area contributed by atoms with Crippen molar-refractivity contribution >= 4 is 11.6 Å². The van der Waals surface area contributed by atoms with Gasteiger partial charge >= 0.3 is 0 Å². The van der Waals surface area contributed by atoms with Crippen molar-refractivity contribution in [3.05, 3.63) is 34.9 Å². The van der Waals surface area contributed by atoms with E-state index in [2.05, 4.69) is 17.4 Å². The molecule has 1 unspecified atom stereocenters. The predicted molar refractivity (Wildman–Crippen MR) is 69.8 cm³/mol. The summed E-state index contributed by atoms with van der Waals surface area (Å²) in [4.78, 5) is 0. The van der Waals surface area contributed by atoms with Crippen LogP contribution in [-0.4, -0.2) is 7.05 Å². The molecule has 16 heavy (non-hydrogen) atoms. The van der Waals surface area contributed by atoms with Crippen LogP contribution >= 0.6 is 11.6 Å². The molecule has 0 aliphatic heterocycles. The molecule has 1 fully saturated rings. The Kier molecular flexibility index (Phi) is 4.25. The second-order valence-corrected chi connectivity index (χ2v) is 5.16. The van der Waals surface area contributed by atoms with Crippen LogP contribution in [0, 0.1) is 5.92 Å². The lowest BCUT2D eigenvalue weighted by atomic mass is 9.94. The van der Waals surface area contributed by atoms with Crippen molar-refractivity contribution in [3.8, 4) is 0 Å². The third-order valence-electron chi connectivity index (χ3n) is 3.67. The Hall–Kier alpha value is -0.530. The van der Waals surface area contributed by atoms with Gasteiger partial charge in [-0.3, -0.25) is 0 Å². The SMILES string of the molecule is CNC(CC1CCCC1)c1ccccc1Cl. The number of nitrogens with one attached hydrogen (secondary N) is 1. The lowest BCUT2D eigenvalue weighted by molar-refractivity contribution is 0.413. The molecule has 1 atom stereocenters. The van der Waals surface area contributed by atoms with Gasteiger partial charge in [0.05, 0.1) is 0 Å². The van der Waals surface area contributed by atoms with Gasteiger partial charge in [-0.05, 0) is 31.0 Å². The van der Waals surface area contributed by atoms with Gasteiger partial charge in [0.1, 0.15) is 0 Å². The van der Waals surface area contributed by atoms with E-state index < -0.39 is 0 Å². The molecule has 1 aliphatic carbocycles. The van der Waals surface area contributed by atoms with Crippen molar-refractivity contribution in [1.29, 1.82) is 0 Å². The second-order valence-electron chi connectivity index (χ2n) is 4.75. The molecule has 0 heterocycles. The van der Waals surface area contributed by atoms with E-state index in [0.717, 1.165) is 10.9 Å². The van der Waals surface area contributed by atoms with Gasteiger partial charge in [0.25, 0.3) is 0 Å². The smallest absolute Gasteiger partial charge is 0.0453 e. The molecule has 1 saturated carbocycles. The first-order valence-corrected chi connectivity index (χ1v) is 6.60. The van der Waals surface area contributed by atoms with E-state index in [1.807, 2.05) is 19.2 Å². The van der Waals surface area contributed by atoms with Crippen LogP contribution in [0.4, 0.5) is 0 Å². The molecule has 2 rings (SSSR count). The molecule has 1 aliphatic rings. The van der Waals surface area contributed by atoms with Gasteiger partial charge in [0.2, 0.25) is 0 Å². The van der Waals surface area contributed by atoms with Gasteiger partial charge in [-0.15, -0.1) is 0 Å². The zero-order valence-corrected chi connectivity index (χ0v) is 10.6. The Bertz CT molecular complexity index is 331. The third kappa shape index (κ3) is 2.78. The number of hydrogen-bond donors (Lipinski definition) is 1. The van der Waals surface area contributed by atoms with Crippen LogP contribution in [0.15, 0.2) is 24.3 Å². The molecule has 0 amide bonds. The molecule has 0 spiro atoms. The summed E-state index contributed by atoms with van der Waals surface area (Å²) >= 11 is 6.24. The predicted octanol–water partition coefficient (Wildman–Crippen LogP) is 4.18. The molecule has 0 radical (unpaired) electrons. The molecule has 0 bridgehead atoms. The fraction of sp³-hybridized carbons (Fsp3) is 0.571. The monoisotopic (exact) mass is 237 g/mol. The Morgan fingerprint density at radius 3 is 2.62 bits per heavy atom. The second kappa shape index (κ2) is 5.70. The highest BCUT2D eigenvalue weighted by molar-refractivity contribution is 6.31. The van der Waals surface area contributed by atoms with Gasteiger partial charge in [0.15, 0.2) is 0 Å². The van der Waals surface area contributed by atoms with Gasteiger partial charge < -0.3 is 5.32 Å². The highest BCUT2D eigenvalue weighted by Gasteiger charge is 2.21. The van der Waals surface area contributed by atoms with Crippen molar-refractivity contribution < 1.29 is 0 Å². The summed E-state index contributed by atoms with van der Waals surface area (Å²) in [6.07, 6.45) is 6.82. The summed E-state index contributed by atoms with van der Waals surface area (Å²) in [5.41, 5.74) is 1.25. The topological polar surface area (TPSA) is 12.0 Å². The first-order valence-electron chi connectivity index (χ1n) is 6.23. The van der Waals surface area contributed by atoms with Crippen LogP contribution in [0.25, 0.3) is 0 Å². The fourth-order valence-electron chi connectivity index (χ4n) is 2.74. The normalized spacial score (nSPS) is 18.9. The number of hydrogen-bond acceptors (Lipinski definition) is 1. The molecule has 0 aromatic heterocycles. The van der Waals surface area contributed by atoms with Crippen molar-refractivity contribution in [1.82, 2.24) is 5.32 Å². The molecule has 1 aromatic rings. The van der Waals surface area contributed by atoms with E-state index in [9.17, 15) is 0 Å². The molecular weight excluding hydrogens is 218 g/mol. The quantitative estimate of drug-likeness (QED) is 0.829. The Morgan fingerprint density at radius 2 is 2.00 bits per heavy atom. The summed E-state index contributed by atoms with van der Waals surface area (Å²) < 4.78 is 0. The molecule has 0 saturated heterocycles. The van der Waals surface area contributed by atoms with Gasteiger partial charge in [0, 0.05) is 11.1 Å². The van der Waals surface area contributed by atoms with E-state index in [-0.39, 0.29) is 0 Å². The van der Waals surface area contributed by atoms with E-state index in [0.29, 0.717) is 6.04 Å². The van der Waals surface area contributed by atoms with Crippen LogP contribution in [0.2, 0.25) is 5.02 Å². The van der Waals surface area contributed by atoms with Crippen molar-refractivity contribution in [3.63, 3.8) is 0 Å². The van der Waals surface area contributed by atoms with E-state index in [1.165, 1.54) is 37.7 Å². The summed E-state index contributed by atoms with van der Waals surface area (Å²) in [5.74, 6) is 0.883. The molecule has 2 heteroatoms. The molecule has 1 nitrogen and oxygen atoms in total. The Balaban J connectivity index is 2.06. The minimum atomic E-state index is 0.414. The Labute approximate surface area is 103 Å². The van der Waals surface area contributed by atoms with Gasteiger partial charge in [-0.25, -0.2) is 0 Å². The molecular formula is C14H20ClN. The minimum Gasteiger partial charge on any atom is -0.313 e. The third-order valence-corrected chi connectivity index (χ3v) is 4.02. The number of rotatable bonds is 4. The van der Waals surface area contributed by atoms with E-state index >= 15 is 0 Å². The van der Waals surface area contributed by atoms with E-state index in [1.54, 1.807) is 0 Å². The highest BCUT2D eigenvalue weighted by atomic mass is 35.5. The standard InChI is InChI=1S/C14H20ClN/c1-16-14(10-11-6-2-3-7-11)12-8-4-5-9-13(12)15/h4-5,8-9,11,14,16H,2-3,6-7,10H2,1H3. The zero-order chi connectivity index (χ0) is 11.4. The zero-order valence-electron chi connectivity index (χ0n) is 9.88. The lowest BCUT2D eigenvalue weighted by Crippen LogP contribution is -2.19. The van der Waals surface area contributed by atoms with Crippen LogP contribution < -0.4 is 5.32 Å².